The van der Waals surface area contributed by atoms with Gasteiger partial charge in [0.1, 0.15) is 17.2 Å². The number of nitrogens with zero attached hydrogens (tertiary/aromatic N) is 2. The van der Waals surface area contributed by atoms with Crippen LogP contribution in [-0.2, 0) is 0 Å². The second-order valence-electron chi connectivity index (χ2n) is 8.17. The average Bonchev–Trinajstić information content (AvgIpc) is 3.44. The van der Waals surface area contributed by atoms with Gasteiger partial charge in [0.05, 0.1) is 7.11 Å². The number of benzene rings is 3. The maximum Gasteiger partial charge on any atom is 0.226 e. The van der Waals surface area contributed by atoms with Gasteiger partial charge in [0.25, 0.3) is 0 Å². The molecule has 2 heterocycles. The van der Waals surface area contributed by atoms with Gasteiger partial charge in [0.15, 0.2) is 0 Å². The molecule has 0 atom stereocenters. The summed E-state index contributed by atoms with van der Waals surface area (Å²) in [6.07, 6.45) is 0. The number of methoxy groups -OCH3 is 1. The van der Waals surface area contributed by atoms with Crippen LogP contribution in [0.25, 0.3) is 22.6 Å². The van der Waals surface area contributed by atoms with E-state index in [2.05, 4.69) is 78.6 Å². The molecule has 0 spiro atoms. The molecule has 0 bridgehead atoms. The van der Waals surface area contributed by atoms with Crippen molar-refractivity contribution < 1.29 is 9.15 Å². The van der Waals surface area contributed by atoms with Crippen molar-refractivity contribution >= 4 is 16.8 Å². The Bertz CT molecular complexity index is 1250. The first-order valence-electron chi connectivity index (χ1n) is 10.8. The summed E-state index contributed by atoms with van der Waals surface area (Å²) in [5, 5.41) is 0. The molecule has 0 saturated heterocycles. The van der Waals surface area contributed by atoms with Gasteiger partial charge in [-0.25, -0.2) is 4.98 Å². The fourth-order valence-corrected chi connectivity index (χ4v) is 4.22. The minimum atomic E-state index is 0.667. The molecule has 3 aromatic carbocycles. The lowest BCUT2D eigenvalue weighted by Crippen LogP contribution is -2.20. The number of rotatable bonds is 5. The smallest absolute Gasteiger partial charge is 0.226 e. The number of aromatic nitrogens is 1. The number of anilines is 1. The van der Waals surface area contributed by atoms with E-state index < -0.39 is 0 Å². The highest BCUT2D eigenvalue weighted by Crippen LogP contribution is 2.38. The topological polar surface area (TPSA) is 38.5 Å². The van der Waals surface area contributed by atoms with E-state index in [4.69, 9.17) is 14.1 Å². The van der Waals surface area contributed by atoms with E-state index in [9.17, 15) is 0 Å². The number of hydrogen-bond donors (Lipinski definition) is 0. The summed E-state index contributed by atoms with van der Waals surface area (Å²) in [6, 6.07) is 27.1. The van der Waals surface area contributed by atoms with Crippen molar-refractivity contribution in [2.24, 2.45) is 0 Å². The van der Waals surface area contributed by atoms with E-state index in [0.29, 0.717) is 5.89 Å². The standard InChI is InChI=1S/C28H26N2O2/c1-19-9-11-22(12-10-19)28-29-27(20(2)32-28)26-18-30(23-13-15-24(31-3)16-14-23)17-25(26)21-7-5-4-6-8-21/h4-16H,17-18H2,1-3H3. The third-order valence-corrected chi connectivity index (χ3v) is 6.00. The van der Waals surface area contributed by atoms with Gasteiger partial charge in [-0.1, -0.05) is 48.0 Å². The van der Waals surface area contributed by atoms with Gasteiger partial charge in [-0.05, 0) is 61.4 Å². The molecular formula is C28H26N2O2. The van der Waals surface area contributed by atoms with Crippen molar-refractivity contribution in [1.29, 1.82) is 0 Å². The molecule has 1 aliphatic heterocycles. The number of aryl methyl sites for hydroxylation is 2. The van der Waals surface area contributed by atoms with Crippen molar-refractivity contribution in [2.45, 2.75) is 13.8 Å². The Balaban J connectivity index is 1.55. The van der Waals surface area contributed by atoms with Crippen molar-refractivity contribution in [2.75, 3.05) is 25.1 Å². The van der Waals surface area contributed by atoms with Crippen LogP contribution in [-0.4, -0.2) is 25.2 Å². The summed E-state index contributed by atoms with van der Waals surface area (Å²) in [5.41, 5.74) is 8.04. The van der Waals surface area contributed by atoms with Gasteiger partial charge in [-0.3, -0.25) is 0 Å². The van der Waals surface area contributed by atoms with Crippen LogP contribution in [0.5, 0.6) is 5.75 Å². The lowest BCUT2D eigenvalue weighted by Gasteiger charge is -2.19. The van der Waals surface area contributed by atoms with Crippen LogP contribution in [0.15, 0.2) is 83.3 Å². The average molecular weight is 423 g/mol. The van der Waals surface area contributed by atoms with Crippen LogP contribution >= 0.6 is 0 Å². The van der Waals surface area contributed by atoms with Crippen molar-refractivity contribution in [3.05, 3.63) is 101 Å². The maximum atomic E-state index is 6.13. The third kappa shape index (κ3) is 3.80. The van der Waals surface area contributed by atoms with Crippen LogP contribution in [0.2, 0.25) is 0 Å². The lowest BCUT2D eigenvalue weighted by molar-refractivity contribution is 0.415. The van der Waals surface area contributed by atoms with E-state index in [1.807, 2.05) is 19.1 Å². The zero-order valence-electron chi connectivity index (χ0n) is 18.6. The molecule has 160 valence electrons. The van der Waals surface area contributed by atoms with E-state index in [1.165, 1.54) is 22.3 Å². The van der Waals surface area contributed by atoms with E-state index in [1.54, 1.807) is 7.11 Å². The van der Waals surface area contributed by atoms with Crippen LogP contribution in [0, 0.1) is 13.8 Å². The molecule has 5 rings (SSSR count). The molecule has 0 fully saturated rings. The summed E-state index contributed by atoms with van der Waals surface area (Å²) in [6.45, 7) is 5.68. The molecule has 0 amide bonds. The summed E-state index contributed by atoms with van der Waals surface area (Å²) in [7, 11) is 1.69. The normalized spacial score (nSPS) is 13.7. The molecule has 0 unspecified atom stereocenters. The summed E-state index contributed by atoms with van der Waals surface area (Å²) < 4.78 is 11.5. The Labute approximate surface area is 188 Å². The molecule has 0 radical (unpaired) electrons. The van der Waals surface area contributed by atoms with Gasteiger partial charge in [-0.2, -0.15) is 0 Å². The zero-order chi connectivity index (χ0) is 22.1. The van der Waals surface area contributed by atoms with Crippen molar-refractivity contribution in [3.8, 4) is 17.2 Å². The van der Waals surface area contributed by atoms with Crippen LogP contribution in [0.1, 0.15) is 22.6 Å². The van der Waals surface area contributed by atoms with E-state index in [-0.39, 0.29) is 0 Å². The Morgan fingerprint density at radius 2 is 1.47 bits per heavy atom. The molecule has 4 nitrogen and oxygen atoms in total. The second kappa shape index (κ2) is 8.39. The predicted octanol–water partition coefficient (Wildman–Crippen LogP) is 6.40. The molecule has 1 aliphatic rings. The van der Waals surface area contributed by atoms with Crippen LogP contribution in [0.4, 0.5) is 5.69 Å². The van der Waals surface area contributed by atoms with Gasteiger partial charge in [0.2, 0.25) is 5.89 Å². The summed E-state index contributed by atoms with van der Waals surface area (Å²) >= 11 is 0. The molecule has 1 aromatic heterocycles. The van der Waals surface area contributed by atoms with Gasteiger partial charge in [0, 0.05) is 29.9 Å². The fourth-order valence-electron chi connectivity index (χ4n) is 4.22. The highest BCUT2D eigenvalue weighted by atomic mass is 16.5. The highest BCUT2D eigenvalue weighted by Gasteiger charge is 2.28. The van der Waals surface area contributed by atoms with Crippen LogP contribution < -0.4 is 9.64 Å². The number of oxazole rings is 1. The quantitative estimate of drug-likeness (QED) is 0.373. The van der Waals surface area contributed by atoms with E-state index >= 15 is 0 Å². The minimum Gasteiger partial charge on any atom is -0.497 e. The molecule has 0 N–H and O–H groups in total. The fraction of sp³-hybridized carbons (Fsp3) is 0.179. The molecule has 0 aliphatic carbocycles. The van der Waals surface area contributed by atoms with Crippen molar-refractivity contribution in [1.82, 2.24) is 4.98 Å². The molecule has 4 aromatic rings. The van der Waals surface area contributed by atoms with Crippen LogP contribution in [0.3, 0.4) is 0 Å². The Morgan fingerprint density at radius 3 is 2.16 bits per heavy atom. The zero-order valence-corrected chi connectivity index (χ0v) is 18.6. The number of hydrogen-bond acceptors (Lipinski definition) is 4. The van der Waals surface area contributed by atoms with Crippen molar-refractivity contribution in [3.63, 3.8) is 0 Å². The first-order chi connectivity index (χ1) is 15.6. The minimum absolute atomic E-state index is 0.667. The molecular weight excluding hydrogens is 396 g/mol. The first-order valence-corrected chi connectivity index (χ1v) is 10.8. The molecule has 0 saturated carbocycles. The van der Waals surface area contributed by atoms with Gasteiger partial charge in [-0.15, -0.1) is 0 Å². The first kappa shape index (κ1) is 20.1. The Morgan fingerprint density at radius 1 is 0.781 bits per heavy atom. The van der Waals surface area contributed by atoms with E-state index in [0.717, 1.165) is 41.5 Å². The van der Waals surface area contributed by atoms with Gasteiger partial charge < -0.3 is 14.1 Å². The SMILES string of the molecule is COc1ccc(N2CC(c3ccccc3)=C(c3nc(-c4ccc(C)cc4)oc3C)C2)cc1. The monoisotopic (exact) mass is 422 g/mol. The third-order valence-electron chi connectivity index (χ3n) is 6.00. The number of ether oxygens (including phenoxy) is 1. The van der Waals surface area contributed by atoms with Gasteiger partial charge >= 0.3 is 0 Å². The Hall–Kier alpha value is -3.79. The summed E-state index contributed by atoms with van der Waals surface area (Å²) in [4.78, 5) is 7.32. The highest BCUT2D eigenvalue weighted by molar-refractivity contribution is 5.97. The molecule has 32 heavy (non-hydrogen) atoms. The maximum absolute atomic E-state index is 6.13. The second-order valence-corrected chi connectivity index (χ2v) is 8.17. The predicted molar refractivity (Wildman–Crippen MR) is 130 cm³/mol. The summed E-state index contributed by atoms with van der Waals surface area (Å²) in [5.74, 6) is 2.38. The lowest BCUT2D eigenvalue weighted by atomic mass is 10.00. The largest absolute Gasteiger partial charge is 0.497 e. The Kier molecular flexibility index (Phi) is 5.28. The molecule has 4 heteroatoms.